The van der Waals surface area contributed by atoms with Crippen molar-refractivity contribution in [1.29, 1.82) is 0 Å². The number of nitrogens with one attached hydrogen (secondary N) is 2. The fourth-order valence-electron chi connectivity index (χ4n) is 2.61. The van der Waals surface area contributed by atoms with Crippen LogP contribution in [0.15, 0.2) is 66.9 Å². The number of carbonyl (C=O) groups excluding carboxylic acids is 2. The molecule has 3 aromatic rings. The predicted molar refractivity (Wildman–Crippen MR) is 111 cm³/mol. The Labute approximate surface area is 168 Å². The van der Waals surface area contributed by atoms with Crippen LogP contribution in [-0.2, 0) is 4.74 Å². The third kappa shape index (κ3) is 5.10. The molecule has 0 atom stereocenters. The van der Waals surface area contributed by atoms with Crippen LogP contribution in [0.3, 0.4) is 0 Å². The monoisotopic (exact) mass is 391 g/mol. The fourth-order valence-corrected chi connectivity index (χ4v) is 2.61. The van der Waals surface area contributed by atoms with E-state index in [1.165, 1.54) is 7.11 Å². The Hall–Kier alpha value is -3.87. The first-order chi connectivity index (χ1) is 14.1. The minimum Gasteiger partial charge on any atom is -0.492 e. The van der Waals surface area contributed by atoms with E-state index < -0.39 is 5.97 Å². The normalized spacial score (nSPS) is 10.1. The molecule has 0 aliphatic carbocycles. The number of amides is 1. The maximum absolute atomic E-state index is 12.4. The number of carbonyl (C=O) groups is 2. The Balaban J connectivity index is 1.65. The van der Waals surface area contributed by atoms with Gasteiger partial charge in [-0.1, -0.05) is 12.1 Å². The molecular formula is C22H21N3O4. The molecule has 1 amide bonds. The highest BCUT2D eigenvalue weighted by Gasteiger charge is 2.10. The number of pyridine rings is 1. The van der Waals surface area contributed by atoms with Gasteiger partial charge in [-0.2, -0.15) is 0 Å². The number of nitrogens with zero attached hydrogens (tertiary/aromatic N) is 1. The van der Waals surface area contributed by atoms with Crippen LogP contribution in [0.1, 0.15) is 27.8 Å². The smallest absolute Gasteiger partial charge is 0.337 e. The zero-order valence-corrected chi connectivity index (χ0v) is 16.1. The summed E-state index contributed by atoms with van der Waals surface area (Å²) in [7, 11) is 1.32. The first-order valence-electron chi connectivity index (χ1n) is 9.05. The lowest BCUT2D eigenvalue weighted by molar-refractivity contribution is 0.0600. The molecule has 0 fully saturated rings. The summed E-state index contributed by atoms with van der Waals surface area (Å²) in [5, 5.41) is 5.98. The summed E-state index contributed by atoms with van der Waals surface area (Å²) in [4.78, 5) is 28.1. The number of hydrogen-bond donors (Lipinski definition) is 2. The highest BCUT2D eigenvalue weighted by Crippen LogP contribution is 2.27. The summed E-state index contributed by atoms with van der Waals surface area (Å²) in [5.41, 5.74) is 2.78. The van der Waals surface area contributed by atoms with Crippen molar-refractivity contribution in [2.45, 2.75) is 6.92 Å². The zero-order valence-electron chi connectivity index (χ0n) is 16.1. The Kier molecular flexibility index (Phi) is 6.42. The van der Waals surface area contributed by atoms with Crippen molar-refractivity contribution in [1.82, 2.24) is 4.98 Å². The number of benzene rings is 2. The van der Waals surface area contributed by atoms with Gasteiger partial charge in [0.25, 0.3) is 5.91 Å². The van der Waals surface area contributed by atoms with Crippen LogP contribution in [0.4, 0.5) is 17.1 Å². The van der Waals surface area contributed by atoms with Crippen LogP contribution in [-0.4, -0.2) is 30.6 Å². The number of rotatable bonds is 7. The second-order valence-electron chi connectivity index (χ2n) is 6.01. The Bertz CT molecular complexity index is 986. The van der Waals surface area contributed by atoms with E-state index in [-0.39, 0.29) is 11.6 Å². The molecule has 0 spiro atoms. The largest absolute Gasteiger partial charge is 0.492 e. The van der Waals surface area contributed by atoms with E-state index in [9.17, 15) is 9.59 Å². The third-order valence-corrected chi connectivity index (χ3v) is 4.03. The minimum absolute atomic E-state index is 0.269. The van der Waals surface area contributed by atoms with Gasteiger partial charge in [-0.25, -0.2) is 9.78 Å². The molecule has 1 aromatic heterocycles. The van der Waals surface area contributed by atoms with Crippen LogP contribution in [0, 0.1) is 0 Å². The molecule has 0 radical (unpaired) electrons. The third-order valence-electron chi connectivity index (χ3n) is 4.03. The first-order valence-corrected chi connectivity index (χ1v) is 9.05. The van der Waals surface area contributed by atoms with E-state index in [0.717, 1.165) is 17.1 Å². The molecule has 1 heterocycles. The fraction of sp³-hybridized carbons (Fsp3) is 0.136. The Morgan fingerprint density at radius 1 is 0.966 bits per heavy atom. The SMILES string of the molecule is CCOc1ccccc1Nc1ccc(C(=O)Nc2ccc(C(=O)OC)cc2)nc1. The predicted octanol–water partition coefficient (Wildman–Crippen LogP) is 4.26. The van der Waals surface area contributed by atoms with E-state index in [0.29, 0.717) is 17.9 Å². The van der Waals surface area contributed by atoms with Gasteiger partial charge in [0.15, 0.2) is 0 Å². The summed E-state index contributed by atoms with van der Waals surface area (Å²) in [6.45, 7) is 2.49. The summed E-state index contributed by atoms with van der Waals surface area (Å²) in [6.07, 6.45) is 1.58. The average molecular weight is 391 g/mol. The van der Waals surface area contributed by atoms with Gasteiger partial charge in [-0.3, -0.25) is 4.79 Å². The molecule has 29 heavy (non-hydrogen) atoms. The molecular weight excluding hydrogens is 370 g/mol. The minimum atomic E-state index is -0.432. The standard InChI is InChI=1S/C22H21N3O4/c1-3-29-20-7-5-4-6-18(20)24-17-12-13-19(23-14-17)21(26)25-16-10-8-15(9-11-16)22(27)28-2/h4-14,24H,3H2,1-2H3,(H,25,26). The molecule has 7 heteroatoms. The second kappa shape index (κ2) is 9.36. The summed E-state index contributed by atoms with van der Waals surface area (Å²) >= 11 is 0. The van der Waals surface area contributed by atoms with Crippen molar-refractivity contribution in [3.8, 4) is 5.75 Å². The van der Waals surface area contributed by atoms with Crippen molar-refractivity contribution in [3.05, 3.63) is 78.1 Å². The van der Waals surface area contributed by atoms with E-state index in [2.05, 4.69) is 20.4 Å². The highest BCUT2D eigenvalue weighted by molar-refractivity contribution is 6.03. The van der Waals surface area contributed by atoms with E-state index in [1.807, 2.05) is 31.2 Å². The summed E-state index contributed by atoms with van der Waals surface area (Å²) in [6, 6.07) is 17.4. The first kappa shape index (κ1) is 19.9. The van der Waals surface area contributed by atoms with Gasteiger partial charge in [-0.15, -0.1) is 0 Å². The molecule has 148 valence electrons. The van der Waals surface area contributed by atoms with Gasteiger partial charge in [-0.05, 0) is 55.5 Å². The van der Waals surface area contributed by atoms with Gasteiger partial charge < -0.3 is 20.1 Å². The molecule has 3 rings (SSSR count). The maximum Gasteiger partial charge on any atom is 0.337 e. The number of ether oxygens (including phenoxy) is 2. The molecule has 0 bridgehead atoms. The van der Waals surface area contributed by atoms with Crippen molar-refractivity contribution in [3.63, 3.8) is 0 Å². The van der Waals surface area contributed by atoms with Gasteiger partial charge in [0, 0.05) is 5.69 Å². The molecule has 2 aromatic carbocycles. The highest BCUT2D eigenvalue weighted by atomic mass is 16.5. The number of esters is 1. The molecule has 0 saturated heterocycles. The second-order valence-corrected chi connectivity index (χ2v) is 6.01. The lowest BCUT2D eigenvalue weighted by Gasteiger charge is -2.12. The zero-order chi connectivity index (χ0) is 20.6. The van der Waals surface area contributed by atoms with E-state index in [1.54, 1.807) is 42.6 Å². The lowest BCUT2D eigenvalue weighted by atomic mass is 10.2. The van der Waals surface area contributed by atoms with Gasteiger partial charge in [0.1, 0.15) is 11.4 Å². The molecule has 0 saturated carbocycles. The van der Waals surface area contributed by atoms with Crippen molar-refractivity contribution in [2.24, 2.45) is 0 Å². The van der Waals surface area contributed by atoms with Crippen molar-refractivity contribution >= 4 is 28.9 Å². The van der Waals surface area contributed by atoms with Gasteiger partial charge in [0.05, 0.1) is 36.9 Å². The Morgan fingerprint density at radius 2 is 1.69 bits per heavy atom. The van der Waals surface area contributed by atoms with Crippen LogP contribution < -0.4 is 15.4 Å². The van der Waals surface area contributed by atoms with Crippen molar-refractivity contribution in [2.75, 3.05) is 24.4 Å². The topological polar surface area (TPSA) is 89.6 Å². The summed E-state index contributed by atoms with van der Waals surface area (Å²) in [5.74, 6) is -0.0390. The lowest BCUT2D eigenvalue weighted by Crippen LogP contribution is -2.13. The van der Waals surface area contributed by atoms with Crippen LogP contribution >= 0.6 is 0 Å². The van der Waals surface area contributed by atoms with E-state index in [4.69, 9.17) is 4.74 Å². The Morgan fingerprint density at radius 3 is 2.34 bits per heavy atom. The van der Waals surface area contributed by atoms with Gasteiger partial charge in [0.2, 0.25) is 0 Å². The van der Waals surface area contributed by atoms with Gasteiger partial charge >= 0.3 is 5.97 Å². The van der Waals surface area contributed by atoms with E-state index >= 15 is 0 Å². The quantitative estimate of drug-likeness (QED) is 0.585. The molecule has 0 aliphatic rings. The van der Waals surface area contributed by atoms with Crippen LogP contribution in [0.2, 0.25) is 0 Å². The number of methoxy groups -OCH3 is 1. The molecule has 2 N–H and O–H groups in total. The van der Waals surface area contributed by atoms with Crippen LogP contribution in [0.25, 0.3) is 0 Å². The molecule has 0 unspecified atom stereocenters. The van der Waals surface area contributed by atoms with Crippen LogP contribution in [0.5, 0.6) is 5.75 Å². The molecule has 0 aliphatic heterocycles. The average Bonchev–Trinajstić information content (AvgIpc) is 2.76. The number of anilines is 3. The maximum atomic E-state index is 12.4. The number of hydrogen-bond acceptors (Lipinski definition) is 6. The van der Waals surface area contributed by atoms with Crippen molar-refractivity contribution < 1.29 is 19.1 Å². The molecule has 7 nitrogen and oxygen atoms in total. The number of aromatic nitrogens is 1. The number of para-hydroxylation sites is 2. The summed E-state index contributed by atoms with van der Waals surface area (Å²) < 4.78 is 10.2.